The van der Waals surface area contributed by atoms with Gasteiger partial charge in [0.1, 0.15) is 17.1 Å². The molecule has 0 radical (unpaired) electrons. The summed E-state index contributed by atoms with van der Waals surface area (Å²) in [5.74, 6) is 1.77. The van der Waals surface area contributed by atoms with E-state index in [0.717, 1.165) is 21.7 Å². The van der Waals surface area contributed by atoms with Gasteiger partial charge in [0, 0.05) is 16.1 Å². The summed E-state index contributed by atoms with van der Waals surface area (Å²) in [5.41, 5.74) is 1.86. The molecule has 1 heterocycles. The predicted octanol–water partition coefficient (Wildman–Crippen LogP) is 4.78. The Labute approximate surface area is 133 Å². The Morgan fingerprint density at radius 1 is 1.19 bits per heavy atom. The molecular formula is C17H18BrNO2. The van der Waals surface area contributed by atoms with Crippen LogP contribution in [0.2, 0.25) is 0 Å². The van der Waals surface area contributed by atoms with Gasteiger partial charge < -0.3 is 14.8 Å². The second kappa shape index (κ2) is 5.26. The number of para-hydroxylation sites is 1. The lowest BCUT2D eigenvalue weighted by Crippen LogP contribution is -2.34. The van der Waals surface area contributed by atoms with Crippen LogP contribution < -0.4 is 14.8 Å². The number of methoxy groups -OCH3 is 1. The molecule has 2 aromatic rings. The largest absolute Gasteiger partial charge is 0.497 e. The van der Waals surface area contributed by atoms with Crippen molar-refractivity contribution in [2.75, 3.05) is 12.4 Å². The monoisotopic (exact) mass is 347 g/mol. The highest BCUT2D eigenvalue weighted by molar-refractivity contribution is 9.10. The van der Waals surface area contributed by atoms with Crippen LogP contribution in [0.4, 0.5) is 5.69 Å². The van der Waals surface area contributed by atoms with Crippen molar-refractivity contribution in [1.82, 2.24) is 0 Å². The van der Waals surface area contributed by atoms with Crippen LogP contribution in [0.15, 0.2) is 46.9 Å². The van der Waals surface area contributed by atoms with E-state index in [0.29, 0.717) is 0 Å². The minimum atomic E-state index is -0.313. The van der Waals surface area contributed by atoms with Crippen LogP contribution in [-0.4, -0.2) is 12.7 Å². The maximum Gasteiger partial charge on any atom is 0.128 e. The van der Waals surface area contributed by atoms with Crippen molar-refractivity contribution in [1.29, 1.82) is 0 Å². The lowest BCUT2D eigenvalue weighted by molar-refractivity contribution is 0.118. The van der Waals surface area contributed by atoms with Gasteiger partial charge in [0.25, 0.3) is 0 Å². The van der Waals surface area contributed by atoms with E-state index < -0.39 is 0 Å². The fourth-order valence-electron chi connectivity index (χ4n) is 2.68. The average Bonchev–Trinajstić information content (AvgIpc) is 2.72. The van der Waals surface area contributed by atoms with Crippen LogP contribution in [0.3, 0.4) is 0 Å². The summed E-state index contributed by atoms with van der Waals surface area (Å²) in [7, 11) is 1.67. The van der Waals surface area contributed by atoms with Crippen molar-refractivity contribution in [3.63, 3.8) is 0 Å². The Kier molecular flexibility index (Phi) is 3.57. The number of hydrogen-bond donors (Lipinski definition) is 1. The van der Waals surface area contributed by atoms with E-state index in [4.69, 9.17) is 9.47 Å². The Bertz CT molecular complexity index is 670. The first-order valence-corrected chi connectivity index (χ1v) is 7.68. The molecule has 0 spiro atoms. The molecule has 0 saturated carbocycles. The summed E-state index contributed by atoms with van der Waals surface area (Å²) < 4.78 is 12.4. The zero-order chi connectivity index (χ0) is 15.0. The lowest BCUT2D eigenvalue weighted by Gasteiger charge is -2.28. The van der Waals surface area contributed by atoms with Gasteiger partial charge in [-0.2, -0.15) is 0 Å². The van der Waals surface area contributed by atoms with Gasteiger partial charge in [-0.05, 0) is 48.0 Å². The molecule has 110 valence electrons. The molecule has 0 fully saturated rings. The van der Waals surface area contributed by atoms with Gasteiger partial charge in [-0.25, -0.2) is 0 Å². The molecule has 0 bridgehead atoms. The van der Waals surface area contributed by atoms with E-state index in [1.165, 1.54) is 5.56 Å². The second-order valence-corrected chi connectivity index (χ2v) is 6.52. The SMILES string of the molecule is COc1ccc(Br)c(NC2c3ccccc3OC2(C)C)c1. The molecule has 3 nitrogen and oxygen atoms in total. The van der Waals surface area contributed by atoms with E-state index in [-0.39, 0.29) is 11.6 Å². The lowest BCUT2D eigenvalue weighted by atomic mass is 9.94. The fraction of sp³-hybridized carbons (Fsp3) is 0.294. The quantitative estimate of drug-likeness (QED) is 0.866. The highest BCUT2D eigenvalue weighted by Crippen LogP contribution is 2.45. The number of fused-ring (bicyclic) bond motifs is 1. The molecule has 0 saturated heterocycles. The summed E-state index contributed by atoms with van der Waals surface area (Å²) in [6.45, 7) is 4.19. The Hall–Kier alpha value is -1.68. The Balaban J connectivity index is 1.97. The van der Waals surface area contributed by atoms with Gasteiger partial charge in [0.05, 0.1) is 18.8 Å². The first-order valence-electron chi connectivity index (χ1n) is 6.89. The topological polar surface area (TPSA) is 30.5 Å². The Morgan fingerprint density at radius 3 is 2.71 bits per heavy atom. The van der Waals surface area contributed by atoms with Crippen molar-refractivity contribution in [2.45, 2.75) is 25.5 Å². The zero-order valence-corrected chi connectivity index (χ0v) is 13.9. The van der Waals surface area contributed by atoms with Gasteiger partial charge in [0.15, 0.2) is 0 Å². The van der Waals surface area contributed by atoms with Crippen molar-refractivity contribution >= 4 is 21.6 Å². The molecule has 1 aliphatic rings. The summed E-state index contributed by atoms with van der Waals surface area (Å²) >= 11 is 3.59. The van der Waals surface area contributed by atoms with Gasteiger partial charge in [-0.3, -0.25) is 0 Å². The van der Waals surface area contributed by atoms with E-state index in [1.807, 2.05) is 36.4 Å². The van der Waals surface area contributed by atoms with Crippen molar-refractivity contribution in [2.24, 2.45) is 0 Å². The molecule has 1 N–H and O–H groups in total. The zero-order valence-electron chi connectivity index (χ0n) is 12.3. The molecule has 1 aliphatic heterocycles. The normalized spacial score (nSPS) is 18.8. The highest BCUT2D eigenvalue weighted by Gasteiger charge is 2.41. The number of hydrogen-bond acceptors (Lipinski definition) is 3. The summed E-state index contributed by atoms with van der Waals surface area (Å²) in [6.07, 6.45) is 0. The van der Waals surface area contributed by atoms with Crippen LogP contribution in [0.25, 0.3) is 0 Å². The molecule has 0 aromatic heterocycles. The van der Waals surface area contributed by atoms with Crippen molar-refractivity contribution in [3.05, 3.63) is 52.5 Å². The predicted molar refractivity (Wildman–Crippen MR) is 88.2 cm³/mol. The highest BCUT2D eigenvalue weighted by atomic mass is 79.9. The molecule has 0 amide bonds. The second-order valence-electron chi connectivity index (χ2n) is 5.67. The smallest absolute Gasteiger partial charge is 0.128 e. The average molecular weight is 348 g/mol. The van der Waals surface area contributed by atoms with E-state index >= 15 is 0 Å². The number of nitrogens with one attached hydrogen (secondary N) is 1. The van der Waals surface area contributed by atoms with Gasteiger partial charge in [-0.1, -0.05) is 18.2 Å². The first kappa shape index (κ1) is 14.3. The molecule has 2 aromatic carbocycles. The number of benzene rings is 2. The third kappa shape index (κ3) is 2.60. The van der Waals surface area contributed by atoms with Crippen molar-refractivity contribution in [3.8, 4) is 11.5 Å². The van der Waals surface area contributed by atoms with Gasteiger partial charge in [0.2, 0.25) is 0 Å². The van der Waals surface area contributed by atoms with E-state index in [2.05, 4.69) is 41.2 Å². The molecule has 3 rings (SSSR count). The molecule has 21 heavy (non-hydrogen) atoms. The number of rotatable bonds is 3. The number of anilines is 1. The molecule has 1 unspecified atom stereocenters. The summed E-state index contributed by atoms with van der Waals surface area (Å²) in [5, 5.41) is 3.58. The van der Waals surface area contributed by atoms with Crippen LogP contribution >= 0.6 is 15.9 Å². The first-order chi connectivity index (χ1) is 10.0. The molecular weight excluding hydrogens is 330 g/mol. The maximum absolute atomic E-state index is 6.07. The summed E-state index contributed by atoms with van der Waals surface area (Å²) in [4.78, 5) is 0. The third-order valence-corrected chi connectivity index (χ3v) is 4.46. The van der Waals surface area contributed by atoms with Crippen LogP contribution in [-0.2, 0) is 0 Å². The van der Waals surface area contributed by atoms with Crippen LogP contribution in [0.1, 0.15) is 25.5 Å². The van der Waals surface area contributed by atoms with Crippen LogP contribution in [0.5, 0.6) is 11.5 Å². The standard InChI is InChI=1S/C17H18BrNO2/c1-17(2)16(12-6-4-5-7-15(12)21-17)19-14-10-11(20-3)8-9-13(14)18/h4-10,16,19H,1-3H3. The number of ether oxygens (including phenoxy) is 2. The minimum Gasteiger partial charge on any atom is -0.497 e. The van der Waals surface area contributed by atoms with Gasteiger partial charge in [-0.15, -0.1) is 0 Å². The van der Waals surface area contributed by atoms with Crippen LogP contribution in [0, 0.1) is 0 Å². The molecule has 1 atom stereocenters. The van der Waals surface area contributed by atoms with Crippen molar-refractivity contribution < 1.29 is 9.47 Å². The molecule has 0 aliphatic carbocycles. The van der Waals surface area contributed by atoms with E-state index in [9.17, 15) is 0 Å². The van der Waals surface area contributed by atoms with Gasteiger partial charge >= 0.3 is 0 Å². The fourth-order valence-corrected chi connectivity index (χ4v) is 3.04. The van der Waals surface area contributed by atoms with E-state index in [1.54, 1.807) is 7.11 Å². The Morgan fingerprint density at radius 2 is 1.95 bits per heavy atom. The summed E-state index contributed by atoms with van der Waals surface area (Å²) in [6, 6.07) is 14.1. The molecule has 4 heteroatoms. The maximum atomic E-state index is 6.07. The third-order valence-electron chi connectivity index (χ3n) is 3.77. The minimum absolute atomic E-state index is 0.0807. The number of halogens is 1.